The Labute approximate surface area is 91.6 Å². The minimum atomic E-state index is -0.526. The zero-order valence-corrected chi connectivity index (χ0v) is 8.78. The number of aromatic hydroxyl groups is 1. The molecule has 0 radical (unpaired) electrons. The molecular formula is C6H5IN2O5. The largest absolute Gasteiger partial charge is 0.507 e. The maximum atomic E-state index is 10.3. The highest BCUT2D eigenvalue weighted by Gasteiger charge is 2.13. The molecule has 0 unspecified atom stereocenters. The van der Waals surface area contributed by atoms with Gasteiger partial charge in [-0.15, -0.1) is 4.91 Å². The van der Waals surface area contributed by atoms with E-state index in [1.54, 1.807) is 22.6 Å². The minimum Gasteiger partial charge on any atom is -0.507 e. The van der Waals surface area contributed by atoms with Gasteiger partial charge in [0.2, 0.25) is 0 Å². The Balaban J connectivity index is 0.000000500. The quantitative estimate of drug-likeness (QED) is 0.356. The summed E-state index contributed by atoms with van der Waals surface area (Å²) in [6, 6.07) is 4.20. The third kappa shape index (κ3) is 3.51. The number of nitrogens with zero attached hydrogens (tertiary/aromatic N) is 2. The van der Waals surface area contributed by atoms with Crippen molar-refractivity contribution in [3.63, 3.8) is 0 Å². The van der Waals surface area contributed by atoms with Gasteiger partial charge in [0, 0.05) is 6.07 Å². The second kappa shape index (κ2) is 6.07. The van der Waals surface area contributed by atoms with E-state index >= 15 is 0 Å². The Hall–Kier alpha value is -1.45. The first kappa shape index (κ1) is 12.6. The molecule has 0 aromatic heterocycles. The molecule has 14 heavy (non-hydrogen) atoms. The highest BCUT2D eigenvalue weighted by atomic mass is 127. The van der Waals surface area contributed by atoms with Crippen LogP contribution in [-0.2, 0) is 0 Å². The molecule has 0 saturated carbocycles. The third-order valence-corrected chi connectivity index (χ3v) is 2.26. The third-order valence-electron chi connectivity index (χ3n) is 1.15. The maximum Gasteiger partial charge on any atom is 0.286 e. The van der Waals surface area contributed by atoms with Crippen molar-refractivity contribution in [2.75, 3.05) is 0 Å². The molecule has 1 rings (SSSR count). The van der Waals surface area contributed by atoms with Gasteiger partial charge >= 0.3 is 0 Å². The fourth-order valence-electron chi connectivity index (χ4n) is 0.649. The van der Waals surface area contributed by atoms with Gasteiger partial charge in [-0.2, -0.15) is 0 Å². The minimum absolute atomic E-state index is 0.0557. The summed E-state index contributed by atoms with van der Waals surface area (Å²) in [7, 11) is 0. The molecule has 0 atom stereocenters. The monoisotopic (exact) mass is 312 g/mol. The lowest BCUT2D eigenvalue weighted by molar-refractivity contribution is -0.385. The van der Waals surface area contributed by atoms with E-state index in [9.17, 15) is 10.1 Å². The predicted molar refractivity (Wildman–Crippen MR) is 55.1 cm³/mol. The molecule has 2 N–H and O–H groups in total. The highest BCUT2D eigenvalue weighted by Crippen LogP contribution is 2.28. The first-order valence-electron chi connectivity index (χ1n) is 3.13. The van der Waals surface area contributed by atoms with Gasteiger partial charge in [0.05, 0.1) is 4.92 Å². The summed E-state index contributed by atoms with van der Waals surface area (Å²) in [5.41, 5.74) is -0.0643. The van der Waals surface area contributed by atoms with Crippen molar-refractivity contribution in [1.29, 1.82) is 0 Å². The number of phenols is 1. The zero-order valence-electron chi connectivity index (χ0n) is 6.62. The van der Waals surface area contributed by atoms with Crippen molar-refractivity contribution in [2.24, 2.45) is 5.34 Å². The van der Waals surface area contributed by atoms with Crippen molar-refractivity contribution < 1.29 is 15.2 Å². The fraction of sp³-hybridized carbons (Fsp3) is 0. The first-order chi connectivity index (χ1) is 6.54. The second-order valence-corrected chi connectivity index (χ2v) is 3.03. The SMILES string of the molecule is O=NO.O=[N+]([O-])c1cccc(O)c1I. The molecule has 1 aromatic rings. The van der Waals surface area contributed by atoms with Crippen LogP contribution in [0.5, 0.6) is 5.75 Å². The molecule has 0 amide bonds. The molecule has 0 saturated heterocycles. The summed E-state index contributed by atoms with van der Waals surface area (Å²) in [6.07, 6.45) is 0. The molecule has 7 nitrogen and oxygen atoms in total. The molecule has 8 heteroatoms. The number of nitro groups is 1. The van der Waals surface area contributed by atoms with Gasteiger partial charge in [-0.25, -0.2) is 0 Å². The second-order valence-electron chi connectivity index (χ2n) is 1.95. The van der Waals surface area contributed by atoms with E-state index < -0.39 is 4.92 Å². The standard InChI is InChI=1S/C6H4INO3.HNO2/c7-6-4(8(10)11)2-1-3-5(6)9;2-1-3/h1-3,9H;(H,2,3). The van der Waals surface area contributed by atoms with E-state index in [1.165, 1.54) is 23.5 Å². The number of benzene rings is 1. The van der Waals surface area contributed by atoms with Gasteiger partial charge in [-0.05, 0) is 28.7 Å². The van der Waals surface area contributed by atoms with E-state index in [0.717, 1.165) is 0 Å². The summed E-state index contributed by atoms with van der Waals surface area (Å²) in [4.78, 5) is 17.8. The number of halogens is 1. The van der Waals surface area contributed by atoms with Crippen LogP contribution in [0.4, 0.5) is 5.69 Å². The fourth-order valence-corrected chi connectivity index (χ4v) is 1.21. The van der Waals surface area contributed by atoms with E-state index in [0.29, 0.717) is 0 Å². The van der Waals surface area contributed by atoms with Crippen LogP contribution in [0.2, 0.25) is 0 Å². The van der Waals surface area contributed by atoms with Gasteiger partial charge in [0.25, 0.3) is 5.69 Å². The smallest absolute Gasteiger partial charge is 0.286 e. The summed E-state index contributed by atoms with van der Waals surface area (Å²) in [5.74, 6) is -0.0557. The molecule has 0 aliphatic carbocycles. The van der Waals surface area contributed by atoms with Crippen molar-refractivity contribution in [3.05, 3.63) is 36.8 Å². The molecule has 1 aromatic carbocycles. The molecule has 0 fully saturated rings. The van der Waals surface area contributed by atoms with Gasteiger partial charge < -0.3 is 10.3 Å². The molecule has 0 spiro atoms. The lowest BCUT2D eigenvalue weighted by Gasteiger charge is -1.95. The Kier molecular flexibility index (Phi) is 5.44. The van der Waals surface area contributed by atoms with E-state index in [2.05, 4.69) is 0 Å². The van der Waals surface area contributed by atoms with Crippen LogP contribution >= 0.6 is 22.6 Å². The molecule has 76 valence electrons. The summed E-state index contributed by atoms with van der Waals surface area (Å²) in [5, 5.41) is 27.2. The average Bonchev–Trinajstić information content (AvgIpc) is 2.10. The summed E-state index contributed by atoms with van der Waals surface area (Å²) < 4.78 is 0.273. The molecular weight excluding hydrogens is 307 g/mol. The summed E-state index contributed by atoms with van der Waals surface area (Å²) >= 11 is 1.73. The van der Waals surface area contributed by atoms with E-state index in [4.69, 9.17) is 15.2 Å². The summed E-state index contributed by atoms with van der Waals surface area (Å²) in [6.45, 7) is 0. The van der Waals surface area contributed by atoms with Gasteiger partial charge in [-0.3, -0.25) is 10.1 Å². The Morgan fingerprint density at radius 3 is 2.36 bits per heavy atom. The normalized spacial score (nSPS) is 8.36. The maximum absolute atomic E-state index is 10.3. The van der Waals surface area contributed by atoms with Gasteiger partial charge in [-0.1, -0.05) is 6.07 Å². The predicted octanol–water partition coefficient (Wildman–Crippen LogP) is 2.05. The number of hydrogen-bond acceptors (Lipinski definition) is 5. The van der Waals surface area contributed by atoms with Crippen LogP contribution in [0.1, 0.15) is 0 Å². The van der Waals surface area contributed by atoms with Crippen LogP contribution in [0, 0.1) is 18.6 Å². The average molecular weight is 312 g/mol. The van der Waals surface area contributed by atoms with Crippen LogP contribution in [0.3, 0.4) is 0 Å². The van der Waals surface area contributed by atoms with Crippen molar-refractivity contribution in [2.45, 2.75) is 0 Å². The molecule has 0 bridgehead atoms. The lowest BCUT2D eigenvalue weighted by atomic mass is 10.3. The number of hydrogen-bond donors (Lipinski definition) is 2. The Morgan fingerprint density at radius 2 is 2.00 bits per heavy atom. The Morgan fingerprint density at radius 1 is 1.50 bits per heavy atom. The lowest BCUT2D eigenvalue weighted by Crippen LogP contribution is -1.90. The van der Waals surface area contributed by atoms with Gasteiger partial charge in [0.1, 0.15) is 9.32 Å². The van der Waals surface area contributed by atoms with Crippen LogP contribution in [0.25, 0.3) is 0 Å². The molecule has 0 aliphatic rings. The highest BCUT2D eigenvalue weighted by molar-refractivity contribution is 14.1. The van der Waals surface area contributed by atoms with E-state index in [1.807, 2.05) is 0 Å². The van der Waals surface area contributed by atoms with Crippen molar-refractivity contribution >= 4 is 28.3 Å². The molecule has 0 aliphatic heterocycles. The zero-order chi connectivity index (χ0) is 11.1. The first-order valence-corrected chi connectivity index (χ1v) is 4.21. The number of nitro benzene ring substituents is 1. The van der Waals surface area contributed by atoms with E-state index in [-0.39, 0.29) is 15.0 Å². The van der Waals surface area contributed by atoms with Crippen molar-refractivity contribution in [1.82, 2.24) is 0 Å². The molecule has 0 heterocycles. The topological polar surface area (TPSA) is 113 Å². The number of phenolic OH excluding ortho intramolecular Hbond substituents is 1. The van der Waals surface area contributed by atoms with Gasteiger partial charge in [0.15, 0.2) is 5.34 Å². The number of rotatable bonds is 1. The van der Waals surface area contributed by atoms with Crippen LogP contribution in [0.15, 0.2) is 23.5 Å². The van der Waals surface area contributed by atoms with Crippen LogP contribution < -0.4 is 0 Å². The van der Waals surface area contributed by atoms with Crippen molar-refractivity contribution in [3.8, 4) is 5.75 Å². The Bertz CT molecular complexity index is 343. The van der Waals surface area contributed by atoms with Crippen LogP contribution in [-0.4, -0.2) is 15.2 Å².